The molecule has 3 rings (SSSR count). The zero-order valence-electron chi connectivity index (χ0n) is 12.5. The quantitative estimate of drug-likeness (QED) is 0.876. The summed E-state index contributed by atoms with van der Waals surface area (Å²) in [5.74, 6) is 0.894. The van der Waals surface area contributed by atoms with Gasteiger partial charge in [0.25, 0.3) is 5.91 Å². The largest absolute Gasteiger partial charge is 0.394 e. The first kappa shape index (κ1) is 15.8. The molecule has 0 aliphatic carbocycles. The number of ketones is 1. The van der Waals surface area contributed by atoms with Gasteiger partial charge in [-0.2, -0.15) is 0 Å². The van der Waals surface area contributed by atoms with Crippen LogP contribution in [-0.4, -0.2) is 46.0 Å². The highest BCUT2D eigenvalue weighted by atomic mass is 32.2. The number of carbonyl (C=O) groups is 2. The summed E-state index contributed by atoms with van der Waals surface area (Å²) < 4.78 is 0. The number of benzene rings is 2. The predicted octanol–water partition coefficient (Wildman–Crippen LogP) is 2.43. The Labute approximate surface area is 139 Å². The number of rotatable bonds is 4. The molecule has 1 amide bonds. The maximum absolute atomic E-state index is 12.8. The van der Waals surface area contributed by atoms with Gasteiger partial charge in [0.2, 0.25) is 0 Å². The average Bonchev–Trinajstić information content (AvgIpc) is 3.10. The number of hydrogen-bond acceptors (Lipinski definition) is 4. The maximum Gasteiger partial charge on any atom is 0.255 e. The van der Waals surface area contributed by atoms with Crippen LogP contribution < -0.4 is 0 Å². The van der Waals surface area contributed by atoms with E-state index in [0.717, 1.165) is 5.75 Å². The highest BCUT2D eigenvalue weighted by molar-refractivity contribution is 7.99. The smallest absolute Gasteiger partial charge is 0.255 e. The summed E-state index contributed by atoms with van der Waals surface area (Å²) in [7, 11) is 0. The lowest BCUT2D eigenvalue weighted by Crippen LogP contribution is -2.39. The molecule has 1 heterocycles. The zero-order valence-corrected chi connectivity index (χ0v) is 13.3. The van der Waals surface area contributed by atoms with Gasteiger partial charge in [-0.25, -0.2) is 0 Å². The molecule has 0 bridgehead atoms. The van der Waals surface area contributed by atoms with Crippen molar-refractivity contribution in [2.24, 2.45) is 0 Å². The van der Waals surface area contributed by atoms with Gasteiger partial charge in [0.1, 0.15) is 0 Å². The third kappa shape index (κ3) is 3.16. The van der Waals surface area contributed by atoms with Crippen molar-refractivity contribution in [3.63, 3.8) is 0 Å². The van der Waals surface area contributed by atoms with Gasteiger partial charge in [-0.15, -0.1) is 11.8 Å². The molecule has 1 aliphatic heterocycles. The van der Waals surface area contributed by atoms with E-state index in [1.807, 2.05) is 6.07 Å². The van der Waals surface area contributed by atoms with E-state index in [0.29, 0.717) is 22.6 Å². The van der Waals surface area contributed by atoms with Crippen molar-refractivity contribution in [3.8, 4) is 0 Å². The molecule has 2 aromatic carbocycles. The van der Waals surface area contributed by atoms with E-state index in [1.165, 1.54) is 0 Å². The molecular weight excluding hydrogens is 310 g/mol. The molecule has 0 aromatic heterocycles. The summed E-state index contributed by atoms with van der Waals surface area (Å²) in [6, 6.07) is 15.6. The Morgan fingerprint density at radius 3 is 2.39 bits per heavy atom. The monoisotopic (exact) mass is 327 g/mol. The molecule has 23 heavy (non-hydrogen) atoms. The van der Waals surface area contributed by atoms with Crippen molar-refractivity contribution < 1.29 is 14.7 Å². The fourth-order valence-corrected chi connectivity index (χ4v) is 3.81. The van der Waals surface area contributed by atoms with Crippen LogP contribution in [0.15, 0.2) is 54.6 Å². The Hall–Kier alpha value is -2.11. The van der Waals surface area contributed by atoms with Crippen LogP contribution in [0.3, 0.4) is 0 Å². The molecular formula is C18H17NO3S. The summed E-state index contributed by atoms with van der Waals surface area (Å²) >= 11 is 1.61. The van der Waals surface area contributed by atoms with Crippen LogP contribution in [0.5, 0.6) is 0 Å². The first-order valence-electron chi connectivity index (χ1n) is 7.40. The number of thioether (sulfide) groups is 1. The molecule has 1 unspecified atom stereocenters. The van der Waals surface area contributed by atoms with Crippen LogP contribution in [0.25, 0.3) is 0 Å². The molecule has 0 saturated carbocycles. The van der Waals surface area contributed by atoms with E-state index in [9.17, 15) is 14.7 Å². The molecule has 0 spiro atoms. The fourth-order valence-electron chi connectivity index (χ4n) is 2.63. The molecule has 118 valence electrons. The standard InChI is InChI=1S/C18H17NO3S/c20-10-14-11-23-12-19(14)18(22)16-9-5-4-8-15(16)17(21)13-6-2-1-3-7-13/h1-9,14,20H,10-12H2. The molecule has 1 N–H and O–H groups in total. The molecule has 1 atom stereocenters. The number of nitrogens with zero attached hydrogens (tertiary/aromatic N) is 1. The molecule has 2 aromatic rings. The number of hydrogen-bond donors (Lipinski definition) is 1. The molecule has 1 saturated heterocycles. The van der Waals surface area contributed by atoms with Crippen LogP contribution in [0, 0.1) is 0 Å². The topological polar surface area (TPSA) is 57.6 Å². The number of aliphatic hydroxyl groups excluding tert-OH is 1. The Morgan fingerprint density at radius 2 is 1.70 bits per heavy atom. The summed E-state index contributed by atoms with van der Waals surface area (Å²) in [5.41, 5.74) is 1.35. The van der Waals surface area contributed by atoms with Crippen molar-refractivity contribution in [1.29, 1.82) is 0 Å². The van der Waals surface area contributed by atoms with Crippen LogP contribution in [-0.2, 0) is 0 Å². The third-order valence-corrected chi connectivity index (χ3v) is 4.97. The SMILES string of the molecule is O=C(c1ccccc1)c1ccccc1C(=O)N1CSCC1CO. The zero-order chi connectivity index (χ0) is 16.2. The van der Waals surface area contributed by atoms with Gasteiger partial charge in [0.05, 0.1) is 24.1 Å². The maximum atomic E-state index is 12.8. The second-order valence-electron chi connectivity index (χ2n) is 5.35. The normalized spacial score (nSPS) is 17.3. The Morgan fingerprint density at radius 1 is 1.04 bits per heavy atom. The van der Waals surface area contributed by atoms with Crippen molar-refractivity contribution in [2.45, 2.75) is 6.04 Å². The summed E-state index contributed by atoms with van der Waals surface area (Å²) in [6.45, 7) is -0.0620. The minimum absolute atomic E-state index is 0.0620. The Kier molecular flexibility index (Phi) is 4.79. The van der Waals surface area contributed by atoms with E-state index in [1.54, 1.807) is 65.2 Å². The van der Waals surface area contributed by atoms with Crippen LogP contribution in [0.2, 0.25) is 0 Å². The van der Waals surface area contributed by atoms with Gasteiger partial charge in [-0.05, 0) is 6.07 Å². The van der Waals surface area contributed by atoms with Gasteiger partial charge in [-0.3, -0.25) is 9.59 Å². The predicted molar refractivity (Wildman–Crippen MR) is 90.7 cm³/mol. The van der Waals surface area contributed by atoms with E-state index in [2.05, 4.69) is 0 Å². The van der Waals surface area contributed by atoms with Crippen molar-refractivity contribution in [1.82, 2.24) is 4.90 Å². The third-order valence-electron chi connectivity index (χ3n) is 3.89. The second kappa shape index (κ2) is 6.98. The van der Waals surface area contributed by atoms with E-state index in [4.69, 9.17) is 0 Å². The lowest BCUT2D eigenvalue weighted by atomic mass is 9.97. The average molecular weight is 327 g/mol. The Bertz CT molecular complexity index is 717. The highest BCUT2D eigenvalue weighted by Gasteiger charge is 2.31. The molecule has 1 aliphatic rings. The molecule has 1 fully saturated rings. The molecule has 0 radical (unpaired) electrons. The highest BCUT2D eigenvalue weighted by Crippen LogP contribution is 2.25. The lowest BCUT2D eigenvalue weighted by molar-refractivity contribution is 0.0688. The van der Waals surface area contributed by atoms with Crippen molar-refractivity contribution in [2.75, 3.05) is 18.2 Å². The second-order valence-corrected chi connectivity index (χ2v) is 6.35. The summed E-state index contributed by atoms with van der Waals surface area (Å²) in [5, 5.41) is 9.41. The summed E-state index contributed by atoms with van der Waals surface area (Å²) in [4.78, 5) is 27.2. The fraction of sp³-hybridized carbons (Fsp3) is 0.222. The molecule has 5 heteroatoms. The van der Waals surface area contributed by atoms with Gasteiger partial charge in [0.15, 0.2) is 5.78 Å². The van der Waals surface area contributed by atoms with Gasteiger partial charge >= 0.3 is 0 Å². The molecule has 4 nitrogen and oxygen atoms in total. The first-order valence-corrected chi connectivity index (χ1v) is 8.56. The van der Waals surface area contributed by atoms with Crippen molar-refractivity contribution >= 4 is 23.5 Å². The number of aliphatic hydroxyl groups is 1. The Balaban J connectivity index is 1.95. The van der Waals surface area contributed by atoms with E-state index >= 15 is 0 Å². The van der Waals surface area contributed by atoms with E-state index < -0.39 is 0 Å². The van der Waals surface area contributed by atoms with Crippen LogP contribution in [0.4, 0.5) is 0 Å². The van der Waals surface area contributed by atoms with Gasteiger partial charge < -0.3 is 10.0 Å². The van der Waals surface area contributed by atoms with Gasteiger partial charge in [-0.1, -0.05) is 48.5 Å². The minimum atomic E-state index is -0.200. The first-order chi connectivity index (χ1) is 11.2. The number of amides is 1. The van der Waals surface area contributed by atoms with Crippen LogP contribution in [0.1, 0.15) is 26.3 Å². The number of carbonyl (C=O) groups excluding carboxylic acids is 2. The lowest BCUT2D eigenvalue weighted by Gasteiger charge is -2.23. The van der Waals surface area contributed by atoms with E-state index in [-0.39, 0.29) is 24.3 Å². The van der Waals surface area contributed by atoms with Gasteiger partial charge in [0, 0.05) is 16.9 Å². The summed E-state index contributed by atoms with van der Waals surface area (Å²) in [6.07, 6.45) is 0. The van der Waals surface area contributed by atoms with Crippen LogP contribution >= 0.6 is 11.8 Å². The van der Waals surface area contributed by atoms with Crippen molar-refractivity contribution in [3.05, 3.63) is 71.3 Å². The minimum Gasteiger partial charge on any atom is -0.394 e.